The lowest BCUT2D eigenvalue weighted by Crippen LogP contribution is -2.53. The fraction of sp³-hybridized carbons (Fsp3) is 0.381. The topological polar surface area (TPSA) is 62.7 Å². The average Bonchev–Trinajstić information content (AvgIpc) is 2.66. The molecule has 3 rings (SSSR count). The molecule has 2 amide bonds. The summed E-state index contributed by atoms with van der Waals surface area (Å²) in [6, 6.07) is 11.3. The Balaban J connectivity index is 1.61. The van der Waals surface area contributed by atoms with Gasteiger partial charge < -0.3 is 14.5 Å². The molecule has 2 heterocycles. The number of fused-ring (bicyclic) bond motifs is 1. The van der Waals surface area contributed by atoms with E-state index in [-0.39, 0.29) is 18.2 Å². The summed E-state index contributed by atoms with van der Waals surface area (Å²) in [5.41, 5.74) is 0.919. The molecule has 0 atom stereocenters. The van der Waals surface area contributed by atoms with E-state index in [1.807, 2.05) is 36.4 Å². The van der Waals surface area contributed by atoms with E-state index in [0.717, 1.165) is 12.0 Å². The van der Waals surface area contributed by atoms with Crippen LogP contribution < -0.4 is 9.64 Å². The third-order valence-corrected chi connectivity index (χ3v) is 4.74. The molecule has 0 aliphatic carbocycles. The van der Waals surface area contributed by atoms with Crippen LogP contribution in [0.2, 0.25) is 0 Å². The van der Waals surface area contributed by atoms with Gasteiger partial charge in [-0.3, -0.25) is 14.6 Å². The molecule has 0 fully saturated rings. The van der Waals surface area contributed by atoms with Crippen LogP contribution in [-0.4, -0.2) is 47.4 Å². The molecule has 0 saturated carbocycles. The predicted octanol–water partition coefficient (Wildman–Crippen LogP) is 2.68. The van der Waals surface area contributed by atoms with Crippen molar-refractivity contribution in [2.45, 2.75) is 32.3 Å². The number of likely N-dealkylation sites (N-methyl/N-ethyl adjacent to an activating group) is 1. The third kappa shape index (κ3) is 4.27. The molecule has 27 heavy (non-hydrogen) atoms. The van der Waals surface area contributed by atoms with Gasteiger partial charge in [0.1, 0.15) is 5.75 Å². The van der Waals surface area contributed by atoms with E-state index < -0.39 is 5.60 Å². The largest absolute Gasteiger partial charge is 0.476 e. The molecule has 0 spiro atoms. The van der Waals surface area contributed by atoms with E-state index in [1.54, 1.807) is 43.1 Å². The number of aromatic nitrogens is 1. The van der Waals surface area contributed by atoms with Crippen molar-refractivity contribution in [3.8, 4) is 5.75 Å². The number of rotatable bonds is 6. The first-order valence-electron chi connectivity index (χ1n) is 9.11. The molecule has 6 nitrogen and oxygen atoms in total. The maximum atomic E-state index is 12.8. The van der Waals surface area contributed by atoms with Crippen molar-refractivity contribution in [1.82, 2.24) is 9.88 Å². The number of amides is 2. The van der Waals surface area contributed by atoms with Gasteiger partial charge in [0.25, 0.3) is 5.91 Å². The molecule has 0 unspecified atom stereocenters. The molecule has 0 radical (unpaired) electrons. The summed E-state index contributed by atoms with van der Waals surface area (Å²) in [7, 11) is 1.79. The second-order valence-corrected chi connectivity index (χ2v) is 7.21. The van der Waals surface area contributed by atoms with Crippen molar-refractivity contribution in [3.63, 3.8) is 0 Å². The maximum Gasteiger partial charge on any atom is 0.270 e. The van der Waals surface area contributed by atoms with Crippen LogP contribution in [0.25, 0.3) is 0 Å². The van der Waals surface area contributed by atoms with Crippen molar-refractivity contribution in [2.75, 3.05) is 25.0 Å². The highest BCUT2D eigenvalue weighted by atomic mass is 16.5. The first-order valence-corrected chi connectivity index (χ1v) is 9.11. The van der Waals surface area contributed by atoms with Gasteiger partial charge >= 0.3 is 0 Å². The van der Waals surface area contributed by atoms with E-state index in [1.165, 1.54) is 0 Å². The van der Waals surface area contributed by atoms with Gasteiger partial charge in [0, 0.05) is 39.0 Å². The number of para-hydroxylation sites is 2. The summed E-state index contributed by atoms with van der Waals surface area (Å²) in [6.45, 7) is 4.46. The SMILES string of the molecule is CN(CCc1ccncc1)C(=O)CCN1C(=O)C(C)(C)Oc2ccccc21. The highest BCUT2D eigenvalue weighted by Crippen LogP contribution is 2.37. The lowest BCUT2D eigenvalue weighted by atomic mass is 10.0. The molecule has 1 aromatic heterocycles. The van der Waals surface area contributed by atoms with Gasteiger partial charge in [-0.05, 0) is 50.1 Å². The van der Waals surface area contributed by atoms with Crippen molar-refractivity contribution in [3.05, 3.63) is 54.4 Å². The molecule has 6 heteroatoms. The van der Waals surface area contributed by atoms with Crippen LogP contribution in [0.5, 0.6) is 5.75 Å². The van der Waals surface area contributed by atoms with E-state index in [2.05, 4.69) is 4.98 Å². The molecule has 1 aliphatic rings. The molecular weight excluding hydrogens is 342 g/mol. The Hall–Kier alpha value is -2.89. The van der Waals surface area contributed by atoms with Crippen molar-refractivity contribution in [1.29, 1.82) is 0 Å². The molecule has 0 N–H and O–H groups in total. The van der Waals surface area contributed by atoms with Gasteiger partial charge in [-0.15, -0.1) is 0 Å². The quantitative estimate of drug-likeness (QED) is 0.787. The van der Waals surface area contributed by atoms with Gasteiger partial charge in [-0.1, -0.05) is 12.1 Å². The van der Waals surface area contributed by atoms with Gasteiger partial charge in [-0.2, -0.15) is 0 Å². The monoisotopic (exact) mass is 367 g/mol. The number of carbonyl (C=O) groups excluding carboxylic acids is 2. The standard InChI is InChI=1S/C21H25N3O3/c1-21(2)20(26)24(17-6-4-5-7-18(17)27-21)15-11-19(25)23(3)14-10-16-8-12-22-13-9-16/h4-9,12-13H,10-11,14-15H2,1-3H3. The third-order valence-electron chi connectivity index (χ3n) is 4.74. The number of hydrogen-bond donors (Lipinski definition) is 0. The van der Waals surface area contributed by atoms with Gasteiger partial charge in [0.15, 0.2) is 5.60 Å². The Morgan fingerprint density at radius 3 is 2.63 bits per heavy atom. The van der Waals surface area contributed by atoms with Crippen LogP contribution >= 0.6 is 0 Å². The normalized spacial score (nSPS) is 15.1. The van der Waals surface area contributed by atoms with E-state index in [0.29, 0.717) is 24.5 Å². The first-order chi connectivity index (χ1) is 12.9. The zero-order valence-electron chi connectivity index (χ0n) is 16.0. The number of benzene rings is 1. The minimum Gasteiger partial charge on any atom is -0.476 e. The molecule has 142 valence electrons. The molecule has 0 bridgehead atoms. The fourth-order valence-corrected chi connectivity index (χ4v) is 3.11. The number of ether oxygens (including phenoxy) is 1. The summed E-state index contributed by atoms with van der Waals surface area (Å²) in [6.07, 6.45) is 4.54. The summed E-state index contributed by atoms with van der Waals surface area (Å²) in [4.78, 5) is 32.7. The molecular formula is C21H25N3O3. The number of hydrogen-bond acceptors (Lipinski definition) is 4. The Labute approximate surface area is 159 Å². The molecule has 2 aromatic rings. The first kappa shape index (κ1) is 18.9. The van der Waals surface area contributed by atoms with Gasteiger partial charge in [0.05, 0.1) is 5.69 Å². The highest BCUT2D eigenvalue weighted by Gasteiger charge is 2.40. The number of anilines is 1. The lowest BCUT2D eigenvalue weighted by Gasteiger charge is -2.38. The van der Waals surface area contributed by atoms with Gasteiger partial charge in [0.2, 0.25) is 5.91 Å². The smallest absolute Gasteiger partial charge is 0.270 e. The zero-order chi connectivity index (χ0) is 19.4. The van der Waals surface area contributed by atoms with Crippen LogP contribution in [0.15, 0.2) is 48.8 Å². The average molecular weight is 367 g/mol. The molecule has 1 aromatic carbocycles. The fourth-order valence-electron chi connectivity index (χ4n) is 3.11. The minimum absolute atomic E-state index is 0.0126. The lowest BCUT2D eigenvalue weighted by molar-refractivity contribution is -0.133. The van der Waals surface area contributed by atoms with Crippen molar-refractivity contribution >= 4 is 17.5 Å². The van der Waals surface area contributed by atoms with E-state index in [9.17, 15) is 9.59 Å². The number of nitrogens with zero attached hydrogens (tertiary/aromatic N) is 3. The van der Waals surface area contributed by atoms with Crippen LogP contribution in [0, 0.1) is 0 Å². The Bertz CT molecular complexity index is 820. The number of carbonyl (C=O) groups is 2. The highest BCUT2D eigenvalue weighted by molar-refractivity contribution is 6.02. The second-order valence-electron chi connectivity index (χ2n) is 7.21. The van der Waals surface area contributed by atoms with Crippen LogP contribution in [-0.2, 0) is 16.0 Å². The summed E-state index contributed by atoms with van der Waals surface area (Å²) in [5, 5.41) is 0. The second kappa shape index (κ2) is 7.78. The summed E-state index contributed by atoms with van der Waals surface area (Å²) in [5.74, 6) is 0.549. The molecule has 0 saturated heterocycles. The zero-order valence-corrected chi connectivity index (χ0v) is 16.0. The van der Waals surface area contributed by atoms with Crippen molar-refractivity contribution in [2.24, 2.45) is 0 Å². The predicted molar refractivity (Wildman–Crippen MR) is 104 cm³/mol. The maximum absolute atomic E-state index is 12.8. The summed E-state index contributed by atoms with van der Waals surface area (Å²) < 4.78 is 5.81. The van der Waals surface area contributed by atoms with Crippen LogP contribution in [0.4, 0.5) is 5.69 Å². The number of pyridine rings is 1. The van der Waals surface area contributed by atoms with Gasteiger partial charge in [-0.25, -0.2) is 0 Å². The minimum atomic E-state index is -0.940. The Morgan fingerprint density at radius 2 is 1.89 bits per heavy atom. The Kier molecular flexibility index (Phi) is 5.44. The Morgan fingerprint density at radius 1 is 1.19 bits per heavy atom. The molecule has 1 aliphatic heterocycles. The van der Waals surface area contributed by atoms with Crippen LogP contribution in [0.3, 0.4) is 0 Å². The van der Waals surface area contributed by atoms with Crippen molar-refractivity contribution < 1.29 is 14.3 Å². The van der Waals surface area contributed by atoms with E-state index >= 15 is 0 Å². The van der Waals surface area contributed by atoms with E-state index in [4.69, 9.17) is 4.74 Å². The summed E-state index contributed by atoms with van der Waals surface area (Å²) >= 11 is 0. The van der Waals surface area contributed by atoms with Crippen LogP contribution in [0.1, 0.15) is 25.8 Å².